The van der Waals surface area contributed by atoms with Crippen LogP contribution in [0.15, 0.2) is 99.8 Å². The summed E-state index contributed by atoms with van der Waals surface area (Å²) in [5.41, 5.74) is 11.4. The number of imidazole rings is 1. The lowest BCUT2D eigenvalue weighted by atomic mass is 9.85. The average Bonchev–Trinajstić information content (AvgIpc) is 3.79. The molecule has 0 unspecified atom stereocenters. The number of aryl methyl sites for hydroxylation is 2. The molecule has 5 heteroatoms. The Kier molecular flexibility index (Phi) is 6.83. The second kappa shape index (κ2) is 11.0. The van der Waals surface area contributed by atoms with Gasteiger partial charge >= 0.3 is 0 Å². The number of hydrogen-bond donors (Lipinski definition) is 0. The molecule has 9 aromatic rings. The number of nitrogens with zero attached hydrogens (tertiary/aromatic N) is 3. The Morgan fingerprint density at radius 3 is 2.18 bits per heavy atom. The van der Waals surface area contributed by atoms with Crippen molar-refractivity contribution in [3.8, 4) is 17.1 Å². The van der Waals surface area contributed by atoms with Gasteiger partial charge in [-0.2, -0.15) is 4.57 Å². The fraction of sp³-hybridized carbons (Fsp3) is 0.261. The zero-order chi connectivity index (χ0) is 35.5. The van der Waals surface area contributed by atoms with Gasteiger partial charge in [0.05, 0.1) is 7.05 Å². The fourth-order valence-electron chi connectivity index (χ4n) is 8.27. The number of fused-ring (bicyclic) bond motifs is 9. The first kappa shape index (κ1) is 31.6. The van der Waals surface area contributed by atoms with E-state index in [9.17, 15) is 0 Å². The van der Waals surface area contributed by atoms with Crippen LogP contribution in [0.25, 0.3) is 82.7 Å². The number of oxazole rings is 1. The van der Waals surface area contributed by atoms with E-state index in [4.69, 9.17) is 13.8 Å². The molecule has 3 heterocycles. The largest absolute Gasteiger partial charge is 0.453 e. The molecule has 0 aliphatic carbocycles. The molecule has 0 bridgehead atoms. The number of para-hydroxylation sites is 2. The van der Waals surface area contributed by atoms with Crippen molar-refractivity contribution < 1.29 is 13.4 Å². The first-order valence-electron chi connectivity index (χ1n) is 18.2. The Hall–Kier alpha value is -5.42. The molecule has 0 aliphatic rings. The van der Waals surface area contributed by atoms with Gasteiger partial charge < -0.3 is 8.83 Å². The second-order valence-corrected chi connectivity index (χ2v) is 15.9. The van der Waals surface area contributed by atoms with E-state index in [2.05, 4.69) is 157 Å². The molecule has 6 aromatic carbocycles. The highest BCUT2D eigenvalue weighted by Gasteiger charge is 2.35. The van der Waals surface area contributed by atoms with Crippen molar-refractivity contribution in [2.45, 2.75) is 72.6 Å². The predicted octanol–water partition coefficient (Wildman–Crippen LogP) is 12.3. The lowest BCUT2D eigenvalue weighted by Crippen LogP contribution is -2.30. The molecule has 0 atom stereocenters. The topological polar surface area (TPSA) is 48.0 Å². The molecule has 0 saturated carbocycles. The molecule has 51 heavy (non-hydrogen) atoms. The molecule has 0 spiro atoms. The lowest BCUT2D eigenvalue weighted by Gasteiger charge is -2.22. The fourth-order valence-corrected chi connectivity index (χ4v) is 8.27. The van der Waals surface area contributed by atoms with Gasteiger partial charge in [-0.3, -0.25) is 0 Å². The van der Waals surface area contributed by atoms with Crippen molar-refractivity contribution in [1.82, 2.24) is 9.55 Å². The van der Waals surface area contributed by atoms with E-state index in [0.29, 0.717) is 5.89 Å². The van der Waals surface area contributed by atoms with Gasteiger partial charge in [-0.1, -0.05) is 109 Å². The molecule has 9 rings (SSSR count). The minimum Gasteiger partial charge on any atom is -0.453 e. The quantitative estimate of drug-likeness (QED) is 0.138. The molecule has 0 radical (unpaired) electrons. The normalized spacial score (nSPS) is 12.8. The lowest BCUT2D eigenvalue weighted by molar-refractivity contribution is -0.633. The van der Waals surface area contributed by atoms with Crippen LogP contribution in [-0.2, 0) is 12.5 Å². The van der Waals surface area contributed by atoms with E-state index < -0.39 is 0 Å². The third-order valence-electron chi connectivity index (χ3n) is 10.8. The average molecular weight is 671 g/mol. The highest BCUT2D eigenvalue weighted by atomic mass is 16.4. The zero-order valence-corrected chi connectivity index (χ0v) is 31.0. The van der Waals surface area contributed by atoms with Gasteiger partial charge in [0.15, 0.2) is 33.3 Å². The maximum atomic E-state index is 7.02. The number of aromatic nitrogens is 3. The van der Waals surface area contributed by atoms with Crippen LogP contribution >= 0.6 is 0 Å². The Bertz CT molecular complexity index is 2870. The van der Waals surface area contributed by atoms with Gasteiger partial charge in [0.2, 0.25) is 5.89 Å². The van der Waals surface area contributed by atoms with Crippen molar-refractivity contribution in [3.05, 3.63) is 114 Å². The summed E-state index contributed by atoms with van der Waals surface area (Å²) in [5.74, 6) is 2.34. The van der Waals surface area contributed by atoms with Gasteiger partial charge in [-0.15, -0.1) is 0 Å². The molecule has 0 saturated heterocycles. The van der Waals surface area contributed by atoms with Gasteiger partial charge in [0, 0.05) is 27.3 Å². The SMILES string of the molecule is Cc1ccc2c(oc3c2ccc2oc(C(C)(C)C)nc23)c1-c1n(-c2c(C(C)C)cc3c(ccc4ccccc43)c2C(C)C)c2ccccc2[n+]1C. The molecule has 0 fully saturated rings. The van der Waals surface area contributed by atoms with Crippen LogP contribution in [0.4, 0.5) is 0 Å². The van der Waals surface area contributed by atoms with Crippen molar-refractivity contribution >= 4 is 65.6 Å². The van der Waals surface area contributed by atoms with E-state index in [1.54, 1.807) is 0 Å². The van der Waals surface area contributed by atoms with Crippen LogP contribution in [0.1, 0.15) is 82.9 Å². The van der Waals surface area contributed by atoms with Gasteiger partial charge in [0.25, 0.3) is 5.82 Å². The zero-order valence-electron chi connectivity index (χ0n) is 31.0. The standard InChI is InChI=1S/C46H44N3O2/c1-25(2)33-24-34-29-15-11-10-14-28(29)19-21-30(34)38(26(3)4)41(33)49-36-17-13-12-16-35(36)48(9)44(49)39-27(5)18-20-31-32-22-23-37-40(43(32)51-42(31)39)47-45(50-37)46(6,7)8/h10-26H,1-9H3/q+1. The Balaban J connectivity index is 1.45. The number of hydrogen-bond acceptors (Lipinski definition) is 3. The van der Waals surface area contributed by atoms with Crippen molar-refractivity contribution in [1.29, 1.82) is 0 Å². The Morgan fingerprint density at radius 1 is 0.706 bits per heavy atom. The van der Waals surface area contributed by atoms with Gasteiger partial charge in [0.1, 0.15) is 11.3 Å². The summed E-state index contributed by atoms with van der Waals surface area (Å²) in [4.78, 5) is 4.99. The summed E-state index contributed by atoms with van der Waals surface area (Å²) in [6.07, 6.45) is 0. The first-order valence-corrected chi connectivity index (χ1v) is 18.2. The van der Waals surface area contributed by atoms with Gasteiger partial charge in [-0.05, 0) is 76.2 Å². The maximum Gasteiger partial charge on any atom is 0.299 e. The van der Waals surface area contributed by atoms with Crippen LogP contribution in [-0.4, -0.2) is 9.55 Å². The Labute approximate surface area is 298 Å². The molecular formula is C46H44N3O2+. The molecule has 0 amide bonds. The molecule has 5 nitrogen and oxygen atoms in total. The van der Waals surface area contributed by atoms with Crippen LogP contribution in [0.5, 0.6) is 0 Å². The van der Waals surface area contributed by atoms with E-state index >= 15 is 0 Å². The predicted molar refractivity (Wildman–Crippen MR) is 211 cm³/mol. The van der Waals surface area contributed by atoms with Crippen LogP contribution in [0, 0.1) is 6.92 Å². The maximum absolute atomic E-state index is 7.02. The third kappa shape index (κ3) is 4.53. The van der Waals surface area contributed by atoms with E-state index in [0.717, 1.165) is 55.5 Å². The third-order valence-corrected chi connectivity index (χ3v) is 10.8. The minimum atomic E-state index is -0.220. The first-order chi connectivity index (χ1) is 24.4. The number of benzene rings is 6. The van der Waals surface area contributed by atoms with E-state index in [1.165, 1.54) is 43.9 Å². The monoisotopic (exact) mass is 670 g/mol. The summed E-state index contributed by atoms with van der Waals surface area (Å²) >= 11 is 0. The van der Waals surface area contributed by atoms with E-state index in [-0.39, 0.29) is 17.3 Å². The second-order valence-electron chi connectivity index (χ2n) is 15.9. The summed E-state index contributed by atoms with van der Waals surface area (Å²) < 4.78 is 18.2. The number of rotatable bonds is 4. The Morgan fingerprint density at radius 2 is 1.41 bits per heavy atom. The molecular weight excluding hydrogens is 627 g/mol. The molecule has 254 valence electrons. The molecule has 0 N–H and O–H groups in total. The van der Waals surface area contributed by atoms with Crippen molar-refractivity contribution in [2.24, 2.45) is 7.05 Å². The molecule has 0 aliphatic heterocycles. The highest BCUT2D eigenvalue weighted by Crippen LogP contribution is 2.45. The molecule has 3 aromatic heterocycles. The van der Waals surface area contributed by atoms with Crippen LogP contribution in [0.2, 0.25) is 0 Å². The van der Waals surface area contributed by atoms with Crippen LogP contribution in [0.3, 0.4) is 0 Å². The van der Waals surface area contributed by atoms with E-state index in [1.807, 2.05) is 6.07 Å². The van der Waals surface area contributed by atoms with Crippen molar-refractivity contribution in [2.75, 3.05) is 0 Å². The van der Waals surface area contributed by atoms with Crippen molar-refractivity contribution in [3.63, 3.8) is 0 Å². The summed E-state index contributed by atoms with van der Waals surface area (Å²) in [6, 6.07) is 33.2. The van der Waals surface area contributed by atoms with Crippen LogP contribution < -0.4 is 4.57 Å². The summed E-state index contributed by atoms with van der Waals surface area (Å²) in [6.45, 7) is 17.9. The minimum absolute atomic E-state index is 0.220. The smallest absolute Gasteiger partial charge is 0.299 e. The van der Waals surface area contributed by atoms with Gasteiger partial charge in [-0.25, -0.2) is 9.55 Å². The summed E-state index contributed by atoms with van der Waals surface area (Å²) in [7, 11) is 2.19. The number of furan rings is 1. The highest BCUT2D eigenvalue weighted by molar-refractivity contribution is 6.16. The summed E-state index contributed by atoms with van der Waals surface area (Å²) in [5, 5.41) is 7.29.